The van der Waals surface area contributed by atoms with Crippen LogP contribution >= 0.6 is 0 Å². The van der Waals surface area contributed by atoms with Crippen LogP contribution in [0.3, 0.4) is 0 Å². The van der Waals surface area contributed by atoms with Crippen molar-refractivity contribution in [1.82, 2.24) is 4.90 Å². The third kappa shape index (κ3) is 2.60. The van der Waals surface area contributed by atoms with Crippen LogP contribution in [-0.4, -0.2) is 30.1 Å². The molecule has 2 aliphatic rings. The first-order chi connectivity index (χ1) is 7.60. The van der Waals surface area contributed by atoms with E-state index < -0.39 is 0 Å². The predicted octanol–water partition coefficient (Wildman–Crippen LogP) is 2.48. The molecule has 1 saturated carbocycles. The van der Waals surface area contributed by atoms with Crippen molar-refractivity contribution in [3.05, 3.63) is 0 Å². The number of nitrogens with two attached hydrogens (primary N) is 1. The third-order valence-corrected chi connectivity index (χ3v) is 4.67. The second kappa shape index (κ2) is 5.05. The van der Waals surface area contributed by atoms with Crippen molar-refractivity contribution in [2.75, 3.05) is 13.1 Å². The van der Waals surface area contributed by atoms with Crippen LogP contribution in [0.2, 0.25) is 0 Å². The van der Waals surface area contributed by atoms with Gasteiger partial charge in [0.2, 0.25) is 0 Å². The van der Waals surface area contributed by atoms with Gasteiger partial charge in [0.15, 0.2) is 0 Å². The van der Waals surface area contributed by atoms with E-state index in [9.17, 15) is 0 Å². The van der Waals surface area contributed by atoms with Gasteiger partial charge in [-0.2, -0.15) is 0 Å². The van der Waals surface area contributed by atoms with E-state index in [0.29, 0.717) is 0 Å². The first-order valence-electron chi connectivity index (χ1n) is 7.06. The Labute approximate surface area is 101 Å². The Morgan fingerprint density at radius 2 is 1.62 bits per heavy atom. The van der Waals surface area contributed by atoms with Crippen LogP contribution in [0.4, 0.5) is 0 Å². The van der Waals surface area contributed by atoms with Gasteiger partial charge in [0.1, 0.15) is 0 Å². The van der Waals surface area contributed by atoms with Crippen molar-refractivity contribution in [2.45, 2.75) is 58.5 Å². The molecule has 0 spiro atoms. The van der Waals surface area contributed by atoms with Crippen LogP contribution in [0.1, 0.15) is 46.5 Å². The summed E-state index contributed by atoms with van der Waals surface area (Å²) in [4.78, 5) is 2.75. The Morgan fingerprint density at radius 1 is 1.00 bits per heavy atom. The molecule has 16 heavy (non-hydrogen) atoms. The van der Waals surface area contributed by atoms with Crippen LogP contribution < -0.4 is 5.73 Å². The summed E-state index contributed by atoms with van der Waals surface area (Å²) in [5, 5.41) is 0. The minimum atomic E-state index is 0.752. The highest BCUT2D eigenvalue weighted by molar-refractivity contribution is 4.90. The monoisotopic (exact) mass is 224 g/mol. The normalized spacial score (nSPS) is 46.1. The SMILES string of the molecule is CC1CC(C)CC(N2CC(CN)CC2C)C1. The highest BCUT2D eigenvalue weighted by Gasteiger charge is 2.36. The zero-order valence-corrected chi connectivity index (χ0v) is 11.2. The van der Waals surface area contributed by atoms with Crippen LogP contribution in [0.15, 0.2) is 0 Å². The topological polar surface area (TPSA) is 29.3 Å². The zero-order chi connectivity index (χ0) is 11.7. The van der Waals surface area contributed by atoms with Gasteiger partial charge in [0.05, 0.1) is 0 Å². The molecule has 1 aliphatic heterocycles. The molecule has 1 aliphatic carbocycles. The van der Waals surface area contributed by atoms with E-state index in [1.165, 1.54) is 32.2 Å². The number of hydrogen-bond donors (Lipinski definition) is 1. The Morgan fingerprint density at radius 3 is 2.12 bits per heavy atom. The van der Waals surface area contributed by atoms with Crippen molar-refractivity contribution in [1.29, 1.82) is 0 Å². The maximum Gasteiger partial charge on any atom is 0.0103 e. The van der Waals surface area contributed by atoms with Gasteiger partial charge in [-0.15, -0.1) is 0 Å². The largest absolute Gasteiger partial charge is 0.330 e. The predicted molar refractivity (Wildman–Crippen MR) is 69.3 cm³/mol. The van der Waals surface area contributed by atoms with Gasteiger partial charge in [-0.1, -0.05) is 13.8 Å². The number of nitrogens with zero attached hydrogens (tertiary/aromatic N) is 1. The highest BCUT2D eigenvalue weighted by Crippen LogP contribution is 2.35. The van der Waals surface area contributed by atoms with E-state index in [0.717, 1.165) is 36.4 Å². The molecule has 2 N–H and O–H groups in total. The summed E-state index contributed by atoms with van der Waals surface area (Å²) in [5.74, 6) is 2.58. The lowest BCUT2D eigenvalue weighted by Crippen LogP contribution is -2.42. The maximum atomic E-state index is 5.82. The van der Waals surface area contributed by atoms with E-state index in [1.807, 2.05) is 0 Å². The molecule has 2 heteroatoms. The first-order valence-corrected chi connectivity index (χ1v) is 7.06. The second-order valence-electron chi connectivity index (χ2n) is 6.45. The van der Waals surface area contributed by atoms with Crippen LogP contribution in [0.5, 0.6) is 0 Å². The molecule has 2 rings (SSSR count). The molecule has 0 aromatic carbocycles. The Bertz CT molecular complexity index is 219. The van der Waals surface area contributed by atoms with Gasteiger partial charge in [-0.3, -0.25) is 4.90 Å². The summed E-state index contributed by atoms with van der Waals surface area (Å²) in [7, 11) is 0. The second-order valence-corrected chi connectivity index (χ2v) is 6.45. The highest BCUT2D eigenvalue weighted by atomic mass is 15.2. The molecule has 4 atom stereocenters. The van der Waals surface area contributed by atoms with Crippen molar-refractivity contribution in [3.8, 4) is 0 Å². The standard InChI is InChI=1S/C14H28N2/c1-10-4-11(2)6-14(5-10)16-9-13(8-15)7-12(16)3/h10-14H,4-9,15H2,1-3H3. The Hall–Kier alpha value is -0.0800. The Balaban J connectivity index is 1.96. The molecule has 94 valence electrons. The Kier molecular flexibility index (Phi) is 3.91. The quantitative estimate of drug-likeness (QED) is 0.781. The fourth-order valence-electron chi connectivity index (χ4n) is 4.03. The summed E-state index contributed by atoms with van der Waals surface area (Å²) in [6.45, 7) is 9.35. The third-order valence-electron chi connectivity index (χ3n) is 4.67. The summed E-state index contributed by atoms with van der Waals surface area (Å²) in [6, 6.07) is 1.60. The van der Waals surface area contributed by atoms with Crippen molar-refractivity contribution >= 4 is 0 Å². The van der Waals surface area contributed by atoms with E-state index in [-0.39, 0.29) is 0 Å². The molecule has 1 heterocycles. The van der Waals surface area contributed by atoms with Crippen molar-refractivity contribution in [3.63, 3.8) is 0 Å². The molecule has 1 saturated heterocycles. The maximum absolute atomic E-state index is 5.82. The molecule has 4 unspecified atom stereocenters. The number of rotatable bonds is 2. The van der Waals surface area contributed by atoms with Gasteiger partial charge >= 0.3 is 0 Å². The smallest absolute Gasteiger partial charge is 0.0103 e. The average Bonchev–Trinajstić information content (AvgIpc) is 2.58. The molecule has 2 nitrogen and oxygen atoms in total. The summed E-state index contributed by atoms with van der Waals surface area (Å²) in [6.07, 6.45) is 5.56. The lowest BCUT2D eigenvalue weighted by Gasteiger charge is -2.39. The van der Waals surface area contributed by atoms with E-state index in [2.05, 4.69) is 25.7 Å². The van der Waals surface area contributed by atoms with Crippen LogP contribution in [0, 0.1) is 17.8 Å². The van der Waals surface area contributed by atoms with Gasteiger partial charge in [-0.05, 0) is 56.9 Å². The van der Waals surface area contributed by atoms with Gasteiger partial charge in [0.25, 0.3) is 0 Å². The van der Waals surface area contributed by atoms with Crippen molar-refractivity contribution < 1.29 is 0 Å². The summed E-state index contributed by atoms with van der Waals surface area (Å²) >= 11 is 0. The molecule has 2 fully saturated rings. The van der Waals surface area contributed by atoms with Gasteiger partial charge < -0.3 is 5.73 Å². The van der Waals surface area contributed by atoms with Crippen LogP contribution in [-0.2, 0) is 0 Å². The van der Waals surface area contributed by atoms with E-state index in [4.69, 9.17) is 5.73 Å². The molecule has 0 radical (unpaired) electrons. The molecule has 0 bridgehead atoms. The van der Waals surface area contributed by atoms with E-state index in [1.54, 1.807) is 0 Å². The van der Waals surface area contributed by atoms with Crippen molar-refractivity contribution in [2.24, 2.45) is 23.5 Å². The molecule has 0 aromatic heterocycles. The minimum absolute atomic E-state index is 0.752. The zero-order valence-electron chi connectivity index (χ0n) is 11.2. The first kappa shape index (κ1) is 12.4. The fourth-order valence-corrected chi connectivity index (χ4v) is 4.03. The lowest BCUT2D eigenvalue weighted by atomic mass is 9.79. The summed E-state index contributed by atoms with van der Waals surface area (Å²) < 4.78 is 0. The van der Waals surface area contributed by atoms with Crippen LogP contribution in [0.25, 0.3) is 0 Å². The molecular formula is C14H28N2. The van der Waals surface area contributed by atoms with Gasteiger partial charge in [-0.25, -0.2) is 0 Å². The molecular weight excluding hydrogens is 196 g/mol. The molecule has 0 aromatic rings. The van der Waals surface area contributed by atoms with Gasteiger partial charge in [0, 0.05) is 18.6 Å². The lowest BCUT2D eigenvalue weighted by molar-refractivity contribution is 0.102. The number of hydrogen-bond acceptors (Lipinski definition) is 2. The minimum Gasteiger partial charge on any atom is -0.330 e. The molecule has 0 amide bonds. The average molecular weight is 224 g/mol. The summed E-state index contributed by atoms with van der Waals surface area (Å²) in [5.41, 5.74) is 5.82. The number of likely N-dealkylation sites (tertiary alicyclic amines) is 1. The fraction of sp³-hybridized carbons (Fsp3) is 1.00. The van der Waals surface area contributed by atoms with E-state index >= 15 is 0 Å².